The highest BCUT2D eigenvalue weighted by atomic mass is 16.5. The standard InChI is InChI=1S/C15H13N5O2/c1-22-12-8-7-10(9-16-12)13-14(15(21)20-18-13)19-17-11-5-3-2-4-6-11/h2-9H,1H3,(H2,18,20,21). The number of aromatic nitrogens is 3. The van der Waals surface area contributed by atoms with E-state index >= 15 is 0 Å². The molecule has 2 N–H and O–H groups in total. The summed E-state index contributed by atoms with van der Waals surface area (Å²) in [5.74, 6) is 0.495. The van der Waals surface area contributed by atoms with E-state index < -0.39 is 0 Å². The Morgan fingerprint density at radius 1 is 1.05 bits per heavy atom. The Labute approximate surface area is 125 Å². The van der Waals surface area contributed by atoms with Crippen molar-refractivity contribution in [1.29, 1.82) is 0 Å². The molecule has 2 aromatic heterocycles. The van der Waals surface area contributed by atoms with Crippen LogP contribution in [-0.2, 0) is 0 Å². The lowest BCUT2D eigenvalue weighted by molar-refractivity contribution is 0.398. The van der Waals surface area contributed by atoms with E-state index in [9.17, 15) is 4.79 Å². The highest BCUT2D eigenvalue weighted by molar-refractivity contribution is 5.70. The molecular formula is C15H13N5O2. The predicted octanol–water partition coefficient (Wildman–Crippen LogP) is 3.19. The molecule has 0 saturated carbocycles. The van der Waals surface area contributed by atoms with Crippen molar-refractivity contribution in [3.05, 3.63) is 59.0 Å². The van der Waals surface area contributed by atoms with Crippen LogP contribution in [0.2, 0.25) is 0 Å². The Balaban J connectivity index is 1.97. The van der Waals surface area contributed by atoms with E-state index in [4.69, 9.17) is 4.74 Å². The number of benzene rings is 1. The molecule has 0 aliphatic heterocycles. The van der Waals surface area contributed by atoms with Crippen molar-refractivity contribution in [2.24, 2.45) is 10.2 Å². The van der Waals surface area contributed by atoms with Gasteiger partial charge in [-0.1, -0.05) is 18.2 Å². The summed E-state index contributed by atoms with van der Waals surface area (Å²) in [5, 5.41) is 13.4. The highest BCUT2D eigenvalue weighted by Gasteiger charge is 2.12. The molecule has 0 amide bonds. The molecule has 0 bridgehead atoms. The van der Waals surface area contributed by atoms with Crippen LogP contribution in [0, 0.1) is 0 Å². The third-order valence-corrected chi connectivity index (χ3v) is 3.01. The maximum atomic E-state index is 11.9. The minimum atomic E-state index is -0.342. The quantitative estimate of drug-likeness (QED) is 0.723. The highest BCUT2D eigenvalue weighted by Crippen LogP contribution is 2.26. The molecule has 7 heteroatoms. The average Bonchev–Trinajstić information content (AvgIpc) is 2.95. The van der Waals surface area contributed by atoms with Crippen molar-refractivity contribution in [3.8, 4) is 17.1 Å². The lowest BCUT2D eigenvalue weighted by Gasteiger charge is -2.00. The third-order valence-electron chi connectivity index (χ3n) is 3.01. The monoisotopic (exact) mass is 295 g/mol. The number of aromatic amines is 2. The molecule has 2 heterocycles. The zero-order chi connectivity index (χ0) is 15.4. The number of nitrogens with one attached hydrogen (secondary N) is 2. The summed E-state index contributed by atoms with van der Waals surface area (Å²) >= 11 is 0. The van der Waals surface area contributed by atoms with Crippen molar-refractivity contribution in [2.45, 2.75) is 0 Å². The Morgan fingerprint density at radius 3 is 2.55 bits per heavy atom. The van der Waals surface area contributed by atoms with Crippen molar-refractivity contribution in [3.63, 3.8) is 0 Å². The molecule has 110 valence electrons. The fraction of sp³-hybridized carbons (Fsp3) is 0.0667. The van der Waals surface area contributed by atoms with E-state index in [-0.39, 0.29) is 11.2 Å². The van der Waals surface area contributed by atoms with Crippen LogP contribution in [0.3, 0.4) is 0 Å². The average molecular weight is 295 g/mol. The molecular weight excluding hydrogens is 282 g/mol. The van der Waals surface area contributed by atoms with Gasteiger partial charge in [-0.3, -0.25) is 15.0 Å². The molecule has 3 aromatic rings. The van der Waals surface area contributed by atoms with Crippen molar-refractivity contribution < 1.29 is 4.74 Å². The fourth-order valence-corrected chi connectivity index (χ4v) is 1.91. The van der Waals surface area contributed by atoms with Crippen LogP contribution in [0.15, 0.2) is 63.7 Å². The number of azo groups is 1. The fourth-order valence-electron chi connectivity index (χ4n) is 1.91. The van der Waals surface area contributed by atoms with Gasteiger partial charge in [-0.2, -0.15) is 5.11 Å². The lowest BCUT2D eigenvalue weighted by atomic mass is 10.2. The van der Waals surface area contributed by atoms with Gasteiger partial charge in [0.15, 0.2) is 5.69 Å². The van der Waals surface area contributed by atoms with Crippen LogP contribution in [-0.4, -0.2) is 22.3 Å². The summed E-state index contributed by atoms with van der Waals surface area (Å²) < 4.78 is 5.01. The van der Waals surface area contributed by atoms with Gasteiger partial charge in [0.05, 0.1) is 18.5 Å². The first kappa shape index (κ1) is 13.7. The number of rotatable bonds is 4. The Morgan fingerprint density at radius 2 is 1.86 bits per heavy atom. The summed E-state index contributed by atoms with van der Waals surface area (Å²) in [5.41, 5.74) is 1.77. The number of ether oxygens (including phenoxy) is 1. The maximum absolute atomic E-state index is 11.9. The van der Waals surface area contributed by atoms with E-state index in [0.29, 0.717) is 22.8 Å². The number of hydrogen-bond acceptors (Lipinski definition) is 5. The van der Waals surface area contributed by atoms with Crippen LogP contribution in [0.25, 0.3) is 11.3 Å². The molecule has 22 heavy (non-hydrogen) atoms. The van der Waals surface area contributed by atoms with Crippen LogP contribution in [0.4, 0.5) is 11.4 Å². The van der Waals surface area contributed by atoms with Crippen LogP contribution in [0.5, 0.6) is 5.88 Å². The van der Waals surface area contributed by atoms with Gasteiger partial charge in [-0.25, -0.2) is 4.98 Å². The van der Waals surface area contributed by atoms with Gasteiger partial charge in [0.25, 0.3) is 5.56 Å². The van der Waals surface area contributed by atoms with E-state index in [1.54, 1.807) is 37.6 Å². The lowest BCUT2D eigenvalue weighted by Crippen LogP contribution is -1.96. The Bertz CT molecular complexity index is 834. The molecule has 0 saturated heterocycles. The third kappa shape index (κ3) is 2.78. The first-order chi connectivity index (χ1) is 10.8. The van der Waals surface area contributed by atoms with E-state index in [1.165, 1.54) is 0 Å². The number of methoxy groups -OCH3 is 1. The molecule has 0 fully saturated rings. The van der Waals surface area contributed by atoms with Gasteiger partial charge in [0.1, 0.15) is 0 Å². The normalized spacial score (nSPS) is 11.0. The molecule has 0 radical (unpaired) electrons. The van der Waals surface area contributed by atoms with Crippen LogP contribution >= 0.6 is 0 Å². The summed E-state index contributed by atoms with van der Waals surface area (Å²) in [4.78, 5) is 16.0. The van der Waals surface area contributed by atoms with Gasteiger partial charge >= 0.3 is 0 Å². The minimum absolute atomic E-state index is 0.204. The number of H-pyrrole nitrogens is 2. The molecule has 7 nitrogen and oxygen atoms in total. The number of pyridine rings is 1. The van der Waals surface area contributed by atoms with E-state index in [1.807, 2.05) is 18.2 Å². The largest absolute Gasteiger partial charge is 0.481 e. The van der Waals surface area contributed by atoms with Crippen molar-refractivity contribution in [1.82, 2.24) is 15.2 Å². The molecule has 0 atom stereocenters. The van der Waals surface area contributed by atoms with Gasteiger partial charge < -0.3 is 4.74 Å². The number of nitrogens with zero attached hydrogens (tertiary/aromatic N) is 3. The van der Waals surface area contributed by atoms with Gasteiger partial charge in [-0.05, 0) is 18.2 Å². The molecule has 3 rings (SSSR count). The zero-order valence-electron chi connectivity index (χ0n) is 11.8. The predicted molar refractivity (Wildman–Crippen MR) is 81.8 cm³/mol. The SMILES string of the molecule is COc1ccc(-c2[nH][nH]c(=O)c2N=Nc2ccccc2)cn1. The molecule has 0 spiro atoms. The summed E-state index contributed by atoms with van der Waals surface area (Å²) in [6, 6.07) is 12.7. The van der Waals surface area contributed by atoms with Crippen LogP contribution in [0.1, 0.15) is 0 Å². The maximum Gasteiger partial charge on any atom is 0.292 e. The van der Waals surface area contributed by atoms with Crippen LogP contribution < -0.4 is 10.3 Å². The Kier molecular flexibility index (Phi) is 3.78. The number of hydrogen-bond donors (Lipinski definition) is 2. The molecule has 1 aromatic carbocycles. The summed E-state index contributed by atoms with van der Waals surface area (Å²) in [6.45, 7) is 0. The van der Waals surface area contributed by atoms with Crippen molar-refractivity contribution in [2.75, 3.05) is 7.11 Å². The Hall–Kier alpha value is -3.22. The molecule has 0 aliphatic carbocycles. The van der Waals surface area contributed by atoms with E-state index in [2.05, 4.69) is 25.4 Å². The summed E-state index contributed by atoms with van der Waals surface area (Å²) in [7, 11) is 1.54. The molecule has 0 aliphatic rings. The van der Waals surface area contributed by atoms with Crippen molar-refractivity contribution >= 4 is 11.4 Å². The van der Waals surface area contributed by atoms with Gasteiger partial charge in [-0.15, -0.1) is 5.11 Å². The summed E-state index contributed by atoms with van der Waals surface area (Å²) in [6.07, 6.45) is 1.60. The topological polar surface area (TPSA) is 95.5 Å². The minimum Gasteiger partial charge on any atom is -0.481 e. The second-order valence-electron chi connectivity index (χ2n) is 4.43. The first-order valence-corrected chi connectivity index (χ1v) is 6.56. The van der Waals surface area contributed by atoms with Gasteiger partial charge in [0.2, 0.25) is 5.88 Å². The van der Waals surface area contributed by atoms with Gasteiger partial charge in [0, 0.05) is 17.8 Å². The zero-order valence-corrected chi connectivity index (χ0v) is 11.8. The van der Waals surface area contributed by atoms with E-state index in [0.717, 1.165) is 0 Å². The smallest absolute Gasteiger partial charge is 0.292 e. The first-order valence-electron chi connectivity index (χ1n) is 6.56. The second-order valence-corrected chi connectivity index (χ2v) is 4.43. The second kappa shape index (κ2) is 6.04. The molecule has 0 unspecified atom stereocenters.